The maximum atomic E-state index is 13.7. The number of nitrogens with zero attached hydrogens (tertiary/aromatic N) is 2. The molecule has 0 aliphatic rings. The van der Waals surface area contributed by atoms with Gasteiger partial charge in [-0.05, 0) is 34.6 Å². The van der Waals surface area contributed by atoms with Crippen LogP contribution in [0.15, 0.2) is 29.0 Å². The molecule has 0 bridgehead atoms. The molecule has 2 rings (SSSR count). The van der Waals surface area contributed by atoms with Gasteiger partial charge in [-0.15, -0.1) is 0 Å². The predicted molar refractivity (Wildman–Crippen MR) is 73.5 cm³/mol. The first kappa shape index (κ1) is 14.8. The second-order valence-corrected chi connectivity index (χ2v) is 4.73. The number of methoxy groups -OCH3 is 1. The maximum absolute atomic E-state index is 13.7. The minimum absolute atomic E-state index is 0.0459. The first-order chi connectivity index (χ1) is 9.60. The SMILES string of the molecule is CNC(c1ccc(F)c(F)c1Br)c1nccnc1OC. The molecule has 0 radical (unpaired) electrons. The highest BCUT2D eigenvalue weighted by molar-refractivity contribution is 9.10. The Hall–Kier alpha value is -1.60. The summed E-state index contributed by atoms with van der Waals surface area (Å²) in [5.41, 5.74) is 0.995. The van der Waals surface area contributed by atoms with Crippen molar-refractivity contribution in [1.29, 1.82) is 0 Å². The smallest absolute Gasteiger partial charge is 0.237 e. The summed E-state index contributed by atoms with van der Waals surface area (Å²) in [6.07, 6.45) is 3.01. The van der Waals surface area contributed by atoms with Crippen molar-refractivity contribution >= 4 is 15.9 Å². The fourth-order valence-corrected chi connectivity index (χ4v) is 2.45. The quantitative estimate of drug-likeness (QED) is 0.867. The van der Waals surface area contributed by atoms with E-state index in [1.165, 1.54) is 25.6 Å². The van der Waals surface area contributed by atoms with Gasteiger partial charge >= 0.3 is 0 Å². The van der Waals surface area contributed by atoms with Crippen LogP contribution in [0.2, 0.25) is 0 Å². The van der Waals surface area contributed by atoms with E-state index < -0.39 is 17.7 Å². The van der Waals surface area contributed by atoms with Crippen molar-refractivity contribution in [2.45, 2.75) is 6.04 Å². The van der Waals surface area contributed by atoms with Crippen LogP contribution in [0.25, 0.3) is 0 Å². The summed E-state index contributed by atoms with van der Waals surface area (Å²) in [6, 6.07) is 2.07. The van der Waals surface area contributed by atoms with Crippen molar-refractivity contribution < 1.29 is 13.5 Å². The second-order valence-electron chi connectivity index (χ2n) is 3.94. The van der Waals surface area contributed by atoms with E-state index >= 15 is 0 Å². The van der Waals surface area contributed by atoms with Crippen LogP contribution in [0.3, 0.4) is 0 Å². The maximum Gasteiger partial charge on any atom is 0.237 e. The van der Waals surface area contributed by atoms with Crippen LogP contribution in [0.4, 0.5) is 8.78 Å². The molecule has 1 N–H and O–H groups in total. The molecule has 0 saturated heterocycles. The van der Waals surface area contributed by atoms with Gasteiger partial charge in [-0.2, -0.15) is 0 Å². The predicted octanol–water partition coefficient (Wildman–Crippen LogP) is 2.83. The Balaban J connectivity index is 2.56. The number of nitrogens with one attached hydrogen (secondary N) is 1. The highest BCUT2D eigenvalue weighted by Gasteiger charge is 2.23. The van der Waals surface area contributed by atoms with E-state index in [4.69, 9.17) is 4.74 Å². The third-order valence-electron chi connectivity index (χ3n) is 2.82. The molecule has 2 aromatic rings. The van der Waals surface area contributed by atoms with E-state index in [1.54, 1.807) is 7.05 Å². The Kier molecular flexibility index (Phi) is 4.61. The van der Waals surface area contributed by atoms with E-state index in [2.05, 4.69) is 31.2 Å². The number of halogens is 3. The van der Waals surface area contributed by atoms with Gasteiger partial charge in [0.05, 0.1) is 17.6 Å². The molecule has 1 aromatic carbocycles. The average Bonchev–Trinajstić information content (AvgIpc) is 2.48. The molecule has 7 heteroatoms. The molecule has 1 aromatic heterocycles. The number of rotatable bonds is 4. The minimum atomic E-state index is -0.939. The number of aromatic nitrogens is 2. The molecule has 0 aliphatic carbocycles. The van der Waals surface area contributed by atoms with Gasteiger partial charge in [0, 0.05) is 12.4 Å². The molecule has 0 aliphatic heterocycles. The van der Waals surface area contributed by atoms with Crippen molar-refractivity contribution in [2.24, 2.45) is 0 Å². The van der Waals surface area contributed by atoms with Gasteiger partial charge < -0.3 is 10.1 Å². The number of ether oxygens (including phenoxy) is 1. The van der Waals surface area contributed by atoms with Crippen LogP contribution in [-0.2, 0) is 0 Å². The average molecular weight is 344 g/mol. The summed E-state index contributed by atoms with van der Waals surface area (Å²) in [4.78, 5) is 8.26. The minimum Gasteiger partial charge on any atom is -0.480 e. The largest absolute Gasteiger partial charge is 0.480 e. The van der Waals surface area contributed by atoms with Crippen molar-refractivity contribution in [2.75, 3.05) is 14.2 Å². The van der Waals surface area contributed by atoms with Gasteiger partial charge in [0.25, 0.3) is 0 Å². The van der Waals surface area contributed by atoms with E-state index in [1.807, 2.05) is 0 Å². The molecular formula is C13H12BrF2N3O. The zero-order valence-corrected chi connectivity index (χ0v) is 12.4. The summed E-state index contributed by atoms with van der Waals surface area (Å²) in [5.74, 6) is -1.53. The van der Waals surface area contributed by atoms with E-state index in [9.17, 15) is 8.78 Å². The standard InChI is InChI=1S/C13H12BrF2N3O/c1-17-11(12-13(20-2)19-6-5-18-12)7-3-4-8(15)10(16)9(7)14/h3-6,11,17H,1-2H3. The summed E-state index contributed by atoms with van der Waals surface area (Å²) in [6.45, 7) is 0. The molecule has 1 atom stereocenters. The number of hydrogen-bond donors (Lipinski definition) is 1. The van der Waals surface area contributed by atoms with Crippen LogP contribution >= 0.6 is 15.9 Å². The summed E-state index contributed by atoms with van der Waals surface area (Å²) in [7, 11) is 3.16. The highest BCUT2D eigenvalue weighted by atomic mass is 79.9. The molecule has 0 saturated carbocycles. The summed E-state index contributed by atoms with van der Waals surface area (Å²) >= 11 is 3.07. The Morgan fingerprint density at radius 3 is 2.60 bits per heavy atom. The van der Waals surface area contributed by atoms with Gasteiger partial charge in [0.15, 0.2) is 11.6 Å². The third kappa shape index (κ3) is 2.64. The van der Waals surface area contributed by atoms with Crippen LogP contribution in [0, 0.1) is 11.6 Å². The first-order valence-electron chi connectivity index (χ1n) is 5.75. The molecule has 0 fully saturated rings. The zero-order valence-electron chi connectivity index (χ0n) is 10.8. The van der Waals surface area contributed by atoms with E-state index in [0.29, 0.717) is 17.1 Å². The van der Waals surface area contributed by atoms with Gasteiger partial charge in [0.2, 0.25) is 5.88 Å². The topological polar surface area (TPSA) is 47.0 Å². The summed E-state index contributed by atoms with van der Waals surface area (Å²) in [5, 5.41) is 3.00. The Labute approximate surface area is 123 Å². The molecule has 0 amide bonds. The normalized spacial score (nSPS) is 12.2. The van der Waals surface area contributed by atoms with Crippen LogP contribution in [-0.4, -0.2) is 24.1 Å². The molecular weight excluding hydrogens is 332 g/mol. The van der Waals surface area contributed by atoms with Crippen LogP contribution in [0.5, 0.6) is 5.88 Å². The molecule has 0 spiro atoms. The first-order valence-corrected chi connectivity index (χ1v) is 6.55. The molecule has 106 valence electrons. The zero-order chi connectivity index (χ0) is 14.7. The molecule has 1 unspecified atom stereocenters. The lowest BCUT2D eigenvalue weighted by atomic mass is 10.0. The van der Waals surface area contributed by atoms with Crippen molar-refractivity contribution in [3.05, 3.63) is 51.9 Å². The Bertz CT molecular complexity index is 625. The van der Waals surface area contributed by atoms with Crippen molar-refractivity contribution in [1.82, 2.24) is 15.3 Å². The van der Waals surface area contributed by atoms with Crippen molar-refractivity contribution in [3.63, 3.8) is 0 Å². The van der Waals surface area contributed by atoms with Crippen LogP contribution in [0.1, 0.15) is 17.3 Å². The number of benzene rings is 1. The molecule has 20 heavy (non-hydrogen) atoms. The van der Waals surface area contributed by atoms with Gasteiger partial charge in [-0.25, -0.2) is 13.8 Å². The van der Waals surface area contributed by atoms with E-state index in [0.717, 1.165) is 6.07 Å². The fourth-order valence-electron chi connectivity index (χ4n) is 1.89. The molecule has 4 nitrogen and oxygen atoms in total. The van der Waals surface area contributed by atoms with E-state index in [-0.39, 0.29) is 4.47 Å². The fraction of sp³-hybridized carbons (Fsp3) is 0.231. The second kappa shape index (κ2) is 6.23. The highest BCUT2D eigenvalue weighted by Crippen LogP contribution is 2.33. The Morgan fingerprint density at radius 2 is 1.95 bits per heavy atom. The van der Waals surface area contributed by atoms with Gasteiger partial charge in [-0.3, -0.25) is 4.98 Å². The lowest BCUT2D eigenvalue weighted by Crippen LogP contribution is -2.21. The lowest BCUT2D eigenvalue weighted by molar-refractivity contribution is 0.384. The third-order valence-corrected chi connectivity index (χ3v) is 3.63. The number of hydrogen-bond acceptors (Lipinski definition) is 4. The monoisotopic (exact) mass is 343 g/mol. The van der Waals surface area contributed by atoms with Gasteiger partial charge in [0.1, 0.15) is 5.69 Å². The summed E-state index contributed by atoms with van der Waals surface area (Å²) < 4.78 is 32.1. The Morgan fingerprint density at radius 1 is 1.25 bits per heavy atom. The lowest BCUT2D eigenvalue weighted by Gasteiger charge is -2.19. The van der Waals surface area contributed by atoms with Crippen molar-refractivity contribution in [3.8, 4) is 5.88 Å². The van der Waals surface area contributed by atoms with Crippen LogP contribution < -0.4 is 10.1 Å². The van der Waals surface area contributed by atoms with Gasteiger partial charge in [-0.1, -0.05) is 6.07 Å². The molecule has 1 heterocycles.